The third-order valence-electron chi connectivity index (χ3n) is 6.21. The van der Waals surface area contributed by atoms with E-state index in [1.165, 1.54) is 36.4 Å². The Kier molecular flexibility index (Phi) is 8.89. The minimum Gasteiger partial charge on any atom is -0.457 e. The van der Waals surface area contributed by atoms with Crippen LogP contribution >= 0.6 is 0 Å². The van der Waals surface area contributed by atoms with E-state index in [0.717, 1.165) is 0 Å². The number of carbonyl (C=O) groups excluding carboxylic acids is 2. The summed E-state index contributed by atoms with van der Waals surface area (Å²) in [6.45, 7) is 0. The minimum absolute atomic E-state index is 0.188. The van der Waals surface area contributed by atoms with Gasteiger partial charge in [-0.3, -0.25) is 9.59 Å². The molecule has 0 amide bonds. The molecular weight excluding hydrogens is 502 g/mol. The Labute approximate surface area is 225 Å². The molecule has 4 aromatic rings. The highest BCUT2D eigenvalue weighted by atomic mass is 19.1. The largest absolute Gasteiger partial charge is 0.457 e. The maximum Gasteiger partial charge on any atom is 0.317 e. The summed E-state index contributed by atoms with van der Waals surface area (Å²) in [5.41, 5.74) is 15.0. The van der Waals surface area contributed by atoms with Crippen molar-refractivity contribution in [3.63, 3.8) is 0 Å². The van der Waals surface area contributed by atoms with E-state index in [1.807, 2.05) is 12.1 Å². The second-order valence-electron chi connectivity index (χ2n) is 9.05. The van der Waals surface area contributed by atoms with E-state index < -0.39 is 42.2 Å². The van der Waals surface area contributed by atoms with Crippen LogP contribution in [0.3, 0.4) is 0 Å². The highest BCUT2D eigenvalue weighted by Crippen LogP contribution is 2.28. The van der Waals surface area contributed by atoms with Gasteiger partial charge in [0.1, 0.15) is 30.3 Å². The van der Waals surface area contributed by atoms with Gasteiger partial charge in [-0.25, -0.2) is 8.78 Å². The summed E-state index contributed by atoms with van der Waals surface area (Å²) in [6, 6.07) is 26.0. The van der Waals surface area contributed by atoms with Crippen molar-refractivity contribution < 1.29 is 27.8 Å². The molecule has 4 rings (SSSR count). The van der Waals surface area contributed by atoms with Gasteiger partial charge in [0.05, 0.1) is 0 Å². The van der Waals surface area contributed by atoms with Gasteiger partial charge in [-0.1, -0.05) is 72.8 Å². The van der Waals surface area contributed by atoms with Crippen LogP contribution in [0.5, 0.6) is 0 Å². The summed E-state index contributed by atoms with van der Waals surface area (Å²) in [6.07, 6.45) is -1.78. The molecule has 4 N–H and O–H groups in total. The standard InChI is InChI=1S/C31H28F2N2O4/c32-24-13-11-22(26(34)17-24)15-28(20-7-3-1-4-8-20)38-30(36)19-31(37)39-29(21-9-5-2-6-10-21)16-23-12-14-25(33)18-27(23)35/h1-14,17-18,28-29H,15-16,19,34-35H2. The Morgan fingerprint density at radius 1 is 0.615 bits per heavy atom. The molecule has 0 aliphatic carbocycles. The smallest absolute Gasteiger partial charge is 0.317 e. The van der Waals surface area contributed by atoms with Gasteiger partial charge in [-0.2, -0.15) is 0 Å². The molecule has 0 spiro atoms. The number of halogens is 2. The second-order valence-corrected chi connectivity index (χ2v) is 9.05. The molecule has 0 saturated heterocycles. The zero-order valence-electron chi connectivity index (χ0n) is 21.1. The fourth-order valence-electron chi connectivity index (χ4n) is 4.21. The van der Waals surface area contributed by atoms with Crippen molar-refractivity contribution in [2.24, 2.45) is 0 Å². The molecule has 0 radical (unpaired) electrons. The number of anilines is 2. The van der Waals surface area contributed by atoms with Gasteiger partial charge in [0.15, 0.2) is 0 Å². The molecular formula is C31H28F2N2O4. The van der Waals surface area contributed by atoms with Crippen molar-refractivity contribution in [1.82, 2.24) is 0 Å². The molecule has 4 aromatic carbocycles. The molecule has 200 valence electrons. The van der Waals surface area contributed by atoms with Crippen LogP contribution in [0.2, 0.25) is 0 Å². The lowest BCUT2D eigenvalue weighted by atomic mass is 10.00. The summed E-state index contributed by atoms with van der Waals surface area (Å²) in [5.74, 6) is -2.52. The number of benzene rings is 4. The monoisotopic (exact) mass is 530 g/mol. The summed E-state index contributed by atoms with van der Waals surface area (Å²) >= 11 is 0. The summed E-state index contributed by atoms with van der Waals surface area (Å²) < 4.78 is 38.4. The molecule has 0 aromatic heterocycles. The minimum atomic E-state index is -0.789. The van der Waals surface area contributed by atoms with Crippen LogP contribution in [0.4, 0.5) is 20.2 Å². The van der Waals surface area contributed by atoms with Crippen LogP contribution in [-0.4, -0.2) is 11.9 Å². The Morgan fingerprint density at radius 3 is 1.36 bits per heavy atom. The third kappa shape index (κ3) is 7.64. The van der Waals surface area contributed by atoms with E-state index in [1.54, 1.807) is 48.5 Å². The van der Waals surface area contributed by atoms with Crippen LogP contribution in [0.15, 0.2) is 97.1 Å². The maximum atomic E-state index is 13.5. The van der Waals surface area contributed by atoms with E-state index in [4.69, 9.17) is 20.9 Å². The lowest BCUT2D eigenvalue weighted by molar-refractivity contribution is -0.160. The number of nitrogens with two attached hydrogens (primary N) is 2. The van der Waals surface area contributed by atoms with Crippen molar-refractivity contribution in [3.05, 3.63) is 131 Å². The third-order valence-corrected chi connectivity index (χ3v) is 6.21. The topological polar surface area (TPSA) is 105 Å². The molecule has 6 nitrogen and oxygen atoms in total. The van der Waals surface area contributed by atoms with Crippen LogP contribution in [0, 0.1) is 11.6 Å². The Bertz CT molecular complexity index is 1320. The van der Waals surface area contributed by atoms with E-state index in [-0.39, 0.29) is 24.2 Å². The molecule has 0 aliphatic rings. The molecule has 2 atom stereocenters. The van der Waals surface area contributed by atoms with Gasteiger partial charge in [0.2, 0.25) is 0 Å². The van der Waals surface area contributed by atoms with Gasteiger partial charge in [0, 0.05) is 24.2 Å². The lowest BCUT2D eigenvalue weighted by Gasteiger charge is -2.21. The number of nitrogen functional groups attached to an aromatic ring is 2. The number of carbonyl (C=O) groups is 2. The van der Waals surface area contributed by atoms with Crippen molar-refractivity contribution >= 4 is 23.3 Å². The average Bonchev–Trinajstić information content (AvgIpc) is 2.91. The van der Waals surface area contributed by atoms with Crippen LogP contribution in [0.25, 0.3) is 0 Å². The van der Waals surface area contributed by atoms with Gasteiger partial charge in [-0.15, -0.1) is 0 Å². The molecule has 8 heteroatoms. The van der Waals surface area contributed by atoms with Crippen LogP contribution in [-0.2, 0) is 31.9 Å². The number of hydrogen-bond donors (Lipinski definition) is 2. The highest BCUT2D eigenvalue weighted by molar-refractivity contribution is 5.91. The first-order chi connectivity index (χ1) is 18.8. The van der Waals surface area contributed by atoms with Gasteiger partial charge in [-0.05, 0) is 46.5 Å². The second kappa shape index (κ2) is 12.7. The predicted molar refractivity (Wildman–Crippen MR) is 144 cm³/mol. The number of ether oxygens (including phenoxy) is 2. The van der Waals surface area contributed by atoms with E-state index >= 15 is 0 Å². The number of esters is 2. The van der Waals surface area contributed by atoms with E-state index in [2.05, 4.69) is 0 Å². The Hall–Kier alpha value is -4.72. The summed E-state index contributed by atoms with van der Waals surface area (Å²) in [7, 11) is 0. The molecule has 2 unspecified atom stereocenters. The van der Waals surface area contributed by atoms with Crippen molar-refractivity contribution in [2.75, 3.05) is 11.5 Å². The summed E-state index contributed by atoms with van der Waals surface area (Å²) in [5, 5.41) is 0. The van der Waals surface area contributed by atoms with E-state index in [0.29, 0.717) is 22.3 Å². The molecule has 0 heterocycles. The van der Waals surface area contributed by atoms with Crippen LogP contribution in [0.1, 0.15) is 40.9 Å². The maximum absolute atomic E-state index is 13.5. The number of hydrogen-bond acceptors (Lipinski definition) is 6. The zero-order valence-corrected chi connectivity index (χ0v) is 21.1. The van der Waals surface area contributed by atoms with Gasteiger partial charge >= 0.3 is 11.9 Å². The first-order valence-corrected chi connectivity index (χ1v) is 12.3. The quantitative estimate of drug-likeness (QED) is 0.151. The molecule has 39 heavy (non-hydrogen) atoms. The normalized spacial score (nSPS) is 12.4. The average molecular weight is 531 g/mol. The molecule has 0 bridgehead atoms. The van der Waals surface area contributed by atoms with Gasteiger partial charge in [0.25, 0.3) is 0 Å². The fourth-order valence-corrected chi connectivity index (χ4v) is 4.21. The number of rotatable bonds is 10. The van der Waals surface area contributed by atoms with Crippen LogP contribution < -0.4 is 11.5 Å². The zero-order chi connectivity index (χ0) is 27.8. The van der Waals surface area contributed by atoms with Crippen molar-refractivity contribution in [3.8, 4) is 0 Å². The SMILES string of the molecule is Nc1cc(F)ccc1CC(OC(=O)CC(=O)OC(Cc1ccc(F)cc1N)c1ccccc1)c1ccccc1. The predicted octanol–water partition coefficient (Wildman–Crippen LogP) is 5.87. The van der Waals surface area contributed by atoms with Crippen molar-refractivity contribution in [1.29, 1.82) is 0 Å². The Balaban J connectivity index is 1.47. The van der Waals surface area contributed by atoms with E-state index in [9.17, 15) is 18.4 Å². The first kappa shape index (κ1) is 27.3. The van der Waals surface area contributed by atoms with Gasteiger partial charge < -0.3 is 20.9 Å². The highest BCUT2D eigenvalue weighted by Gasteiger charge is 2.24. The molecule has 0 aliphatic heterocycles. The fraction of sp³-hybridized carbons (Fsp3) is 0.161. The molecule has 0 saturated carbocycles. The summed E-state index contributed by atoms with van der Waals surface area (Å²) in [4.78, 5) is 25.7. The van der Waals surface area contributed by atoms with Crippen molar-refractivity contribution in [2.45, 2.75) is 31.5 Å². The lowest BCUT2D eigenvalue weighted by Crippen LogP contribution is -2.21. The molecule has 0 fully saturated rings. The first-order valence-electron chi connectivity index (χ1n) is 12.3. The Morgan fingerprint density at radius 2 is 1.00 bits per heavy atom.